The Hall–Kier alpha value is -3.87. The van der Waals surface area contributed by atoms with E-state index < -0.39 is 49.0 Å². The molecule has 6 N–H and O–H groups in total. The quantitative estimate of drug-likeness (QED) is 0.195. The molecule has 2 atom stereocenters. The molecule has 1 aliphatic carbocycles. The molecule has 1 aromatic carbocycles. The van der Waals surface area contributed by atoms with Crippen molar-refractivity contribution in [2.75, 3.05) is 32.8 Å². The van der Waals surface area contributed by atoms with Gasteiger partial charge in [-0.2, -0.15) is 0 Å². The second kappa shape index (κ2) is 12.7. The van der Waals surface area contributed by atoms with E-state index in [1.54, 1.807) is 29.2 Å². The Labute approximate surface area is 208 Å². The van der Waals surface area contributed by atoms with E-state index in [0.29, 0.717) is 32.5 Å². The van der Waals surface area contributed by atoms with E-state index in [-0.39, 0.29) is 25.2 Å². The van der Waals surface area contributed by atoms with Crippen molar-refractivity contribution in [3.8, 4) is 0 Å². The van der Waals surface area contributed by atoms with Crippen LogP contribution in [-0.4, -0.2) is 95.7 Å². The standard InChI is InChI=1S/C23H32N6O7/c24-22(25)28-8-9-35-17(12-28)11-26-19(30)10-18(21(33)29(13-20(31)32)16-6-7-16)27-23(34)36-14-15-4-2-1-3-5-15/h1-5,16-18H,6-14H2,(H3,24,25)(H,26,30)(H,27,34)(H,31,32)/t17?,18-/m0/s1. The van der Waals surface area contributed by atoms with Crippen molar-refractivity contribution in [2.45, 2.75) is 44.1 Å². The van der Waals surface area contributed by atoms with Crippen molar-refractivity contribution >= 4 is 29.8 Å². The number of carbonyl (C=O) groups excluding carboxylic acids is 3. The summed E-state index contributed by atoms with van der Waals surface area (Å²) in [5, 5.41) is 21.9. The average Bonchev–Trinajstić information content (AvgIpc) is 3.70. The predicted molar refractivity (Wildman–Crippen MR) is 127 cm³/mol. The van der Waals surface area contributed by atoms with Gasteiger partial charge in [0.25, 0.3) is 0 Å². The van der Waals surface area contributed by atoms with E-state index in [1.165, 1.54) is 4.90 Å². The van der Waals surface area contributed by atoms with Gasteiger partial charge in [0, 0.05) is 25.7 Å². The normalized spacial score (nSPS) is 18.0. The summed E-state index contributed by atoms with van der Waals surface area (Å²) in [5.74, 6) is -2.47. The van der Waals surface area contributed by atoms with Gasteiger partial charge in [-0.15, -0.1) is 0 Å². The molecule has 0 radical (unpaired) electrons. The minimum absolute atomic E-state index is 0.0348. The Balaban J connectivity index is 1.60. The number of nitrogens with zero attached hydrogens (tertiary/aromatic N) is 2. The van der Waals surface area contributed by atoms with E-state index in [4.69, 9.17) is 20.6 Å². The number of ether oxygens (including phenoxy) is 2. The van der Waals surface area contributed by atoms with Crippen LogP contribution in [0.5, 0.6) is 0 Å². The first kappa shape index (κ1) is 26.7. The zero-order chi connectivity index (χ0) is 26.1. The third-order valence-corrected chi connectivity index (χ3v) is 5.78. The number of hydrogen-bond acceptors (Lipinski definition) is 7. The van der Waals surface area contributed by atoms with Crippen LogP contribution in [0.25, 0.3) is 0 Å². The highest BCUT2D eigenvalue weighted by Gasteiger charge is 2.38. The second-order valence-corrected chi connectivity index (χ2v) is 8.68. The van der Waals surface area contributed by atoms with E-state index >= 15 is 0 Å². The number of carboxylic acids is 1. The summed E-state index contributed by atoms with van der Waals surface area (Å²) in [6.07, 6.45) is -0.404. The SMILES string of the molecule is N=C(N)N1CCOC(CNC(=O)C[C@H](NC(=O)OCc2ccccc2)C(=O)N(CC(=O)O)C2CC2)C1. The van der Waals surface area contributed by atoms with Gasteiger partial charge in [0.1, 0.15) is 19.2 Å². The summed E-state index contributed by atoms with van der Waals surface area (Å²) in [5.41, 5.74) is 6.26. The summed E-state index contributed by atoms with van der Waals surface area (Å²) >= 11 is 0. The Bertz CT molecular complexity index is 956. The topological polar surface area (TPSA) is 187 Å². The lowest BCUT2D eigenvalue weighted by Crippen LogP contribution is -2.54. The number of aliphatic carboxylic acids is 1. The molecule has 196 valence electrons. The maximum absolute atomic E-state index is 13.2. The van der Waals surface area contributed by atoms with Gasteiger partial charge < -0.3 is 40.7 Å². The Morgan fingerprint density at radius 1 is 1.25 bits per heavy atom. The van der Waals surface area contributed by atoms with Crippen LogP contribution in [0, 0.1) is 5.41 Å². The van der Waals surface area contributed by atoms with Gasteiger partial charge in [-0.25, -0.2) is 4.79 Å². The fraction of sp³-hybridized carbons (Fsp3) is 0.522. The molecule has 1 aliphatic heterocycles. The molecule has 3 amide bonds. The molecule has 0 aromatic heterocycles. The number of guanidine groups is 1. The van der Waals surface area contributed by atoms with Gasteiger partial charge >= 0.3 is 12.1 Å². The molecule has 2 aliphatic rings. The van der Waals surface area contributed by atoms with Crippen molar-refractivity contribution in [2.24, 2.45) is 5.73 Å². The summed E-state index contributed by atoms with van der Waals surface area (Å²) in [4.78, 5) is 52.4. The molecule has 13 nitrogen and oxygen atoms in total. The Morgan fingerprint density at radius 2 is 1.97 bits per heavy atom. The number of alkyl carbamates (subject to hydrolysis) is 1. The van der Waals surface area contributed by atoms with Crippen LogP contribution in [0.1, 0.15) is 24.8 Å². The first-order valence-electron chi connectivity index (χ1n) is 11.7. The smallest absolute Gasteiger partial charge is 0.408 e. The van der Waals surface area contributed by atoms with E-state index in [0.717, 1.165) is 5.56 Å². The Morgan fingerprint density at radius 3 is 2.61 bits per heavy atom. The number of nitrogens with one attached hydrogen (secondary N) is 3. The number of amides is 3. The van der Waals surface area contributed by atoms with Crippen molar-refractivity contribution in [1.29, 1.82) is 5.41 Å². The number of carboxylic acid groups (broad SMARTS) is 1. The Kier molecular flexibility index (Phi) is 9.45. The molecule has 13 heteroatoms. The molecule has 1 aromatic rings. The van der Waals surface area contributed by atoms with Crippen LogP contribution in [0.4, 0.5) is 4.79 Å². The average molecular weight is 505 g/mol. The molecular weight excluding hydrogens is 472 g/mol. The van der Waals surface area contributed by atoms with Crippen molar-refractivity contribution in [1.82, 2.24) is 20.4 Å². The zero-order valence-electron chi connectivity index (χ0n) is 19.9. The minimum atomic E-state index is -1.31. The third-order valence-electron chi connectivity index (χ3n) is 5.78. The number of carbonyl (C=O) groups is 4. The first-order valence-corrected chi connectivity index (χ1v) is 11.7. The molecule has 0 bridgehead atoms. The summed E-state index contributed by atoms with van der Waals surface area (Å²) in [6, 6.07) is 7.39. The van der Waals surface area contributed by atoms with Gasteiger partial charge in [0.05, 0.1) is 19.1 Å². The lowest BCUT2D eigenvalue weighted by atomic mass is 10.1. The molecular formula is C23H32N6O7. The van der Waals surface area contributed by atoms with Crippen molar-refractivity contribution in [3.63, 3.8) is 0 Å². The largest absolute Gasteiger partial charge is 0.480 e. The molecule has 0 spiro atoms. The number of nitrogens with two attached hydrogens (primary N) is 1. The summed E-state index contributed by atoms with van der Waals surface area (Å²) in [7, 11) is 0. The van der Waals surface area contributed by atoms with Crippen LogP contribution >= 0.6 is 0 Å². The maximum Gasteiger partial charge on any atom is 0.408 e. The maximum atomic E-state index is 13.2. The third kappa shape index (κ3) is 8.41. The number of hydrogen-bond donors (Lipinski definition) is 5. The van der Waals surface area contributed by atoms with E-state index in [9.17, 15) is 24.3 Å². The van der Waals surface area contributed by atoms with Gasteiger partial charge in [-0.3, -0.25) is 19.8 Å². The van der Waals surface area contributed by atoms with E-state index in [1.807, 2.05) is 6.07 Å². The fourth-order valence-electron chi connectivity index (χ4n) is 3.77. The molecule has 1 heterocycles. The number of benzene rings is 1. The second-order valence-electron chi connectivity index (χ2n) is 8.68. The summed E-state index contributed by atoms with van der Waals surface area (Å²) in [6.45, 7) is 0.707. The predicted octanol–water partition coefficient (Wildman–Crippen LogP) is -0.542. The highest BCUT2D eigenvalue weighted by Crippen LogP contribution is 2.27. The van der Waals surface area contributed by atoms with Crippen molar-refractivity contribution in [3.05, 3.63) is 35.9 Å². The molecule has 2 fully saturated rings. The highest BCUT2D eigenvalue weighted by atomic mass is 16.5. The molecule has 36 heavy (non-hydrogen) atoms. The van der Waals surface area contributed by atoms with Gasteiger partial charge in [0.15, 0.2) is 5.96 Å². The van der Waals surface area contributed by atoms with Crippen LogP contribution in [0.3, 0.4) is 0 Å². The van der Waals surface area contributed by atoms with Crippen molar-refractivity contribution < 1.29 is 33.8 Å². The number of morpholine rings is 1. The van der Waals surface area contributed by atoms with Gasteiger partial charge in [-0.1, -0.05) is 30.3 Å². The van der Waals surface area contributed by atoms with Gasteiger partial charge in [-0.05, 0) is 18.4 Å². The highest BCUT2D eigenvalue weighted by molar-refractivity contribution is 5.92. The monoisotopic (exact) mass is 504 g/mol. The molecule has 1 unspecified atom stereocenters. The van der Waals surface area contributed by atoms with E-state index in [2.05, 4.69) is 10.6 Å². The number of rotatable bonds is 11. The lowest BCUT2D eigenvalue weighted by Gasteiger charge is -2.33. The van der Waals surface area contributed by atoms with Crippen LogP contribution in [-0.2, 0) is 30.5 Å². The van der Waals surface area contributed by atoms with Crippen LogP contribution in [0.15, 0.2) is 30.3 Å². The summed E-state index contributed by atoms with van der Waals surface area (Å²) < 4.78 is 10.8. The minimum Gasteiger partial charge on any atom is -0.480 e. The molecule has 1 saturated heterocycles. The molecule has 1 saturated carbocycles. The fourth-order valence-corrected chi connectivity index (χ4v) is 3.77. The lowest BCUT2D eigenvalue weighted by molar-refractivity contribution is -0.146. The molecule has 3 rings (SSSR count). The van der Waals surface area contributed by atoms with Crippen LogP contribution in [0.2, 0.25) is 0 Å². The van der Waals surface area contributed by atoms with Gasteiger partial charge in [0.2, 0.25) is 11.8 Å². The first-order chi connectivity index (χ1) is 17.2. The zero-order valence-corrected chi connectivity index (χ0v) is 19.9. The van der Waals surface area contributed by atoms with Crippen LogP contribution < -0.4 is 16.4 Å².